The molecule has 0 aliphatic rings. The SMILES string of the molecule is Nc1ccc(-n2cnc3ccccc32)cn1. The summed E-state index contributed by atoms with van der Waals surface area (Å²) in [4.78, 5) is 8.39. The van der Waals surface area contributed by atoms with Crippen LogP contribution in [0.1, 0.15) is 0 Å². The summed E-state index contributed by atoms with van der Waals surface area (Å²) in [5.74, 6) is 0.521. The summed E-state index contributed by atoms with van der Waals surface area (Å²) in [5, 5.41) is 0. The first-order chi connectivity index (χ1) is 7.84. The van der Waals surface area contributed by atoms with E-state index in [0.29, 0.717) is 5.82 Å². The number of hydrogen-bond acceptors (Lipinski definition) is 3. The first-order valence-corrected chi connectivity index (χ1v) is 4.98. The first-order valence-electron chi connectivity index (χ1n) is 4.98. The Morgan fingerprint density at radius 1 is 1.00 bits per heavy atom. The van der Waals surface area contributed by atoms with Crippen LogP contribution < -0.4 is 5.73 Å². The predicted octanol–water partition coefficient (Wildman–Crippen LogP) is 2.00. The van der Waals surface area contributed by atoms with Crippen LogP contribution in [-0.4, -0.2) is 14.5 Å². The maximum Gasteiger partial charge on any atom is 0.123 e. The van der Waals surface area contributed by atoms with Gasteiger partial charge in [-0.1, -0.05) is 12.1 Å². The fraction of sp³-hybridized carbons (Fsp3) is 0. The molecule has 0 bridgehead atoms. The maximum atomic E-state index is 5.56. The van der Waals surface area contributed by atoms with Crippen molar-refractivity contribution in [3.05, 3.63) is 48.9 Å². The van der Waals surface area contributed by atoms with Crippen LogP contribution in [0.5, 0.6) is 0 Å². The minimum atomic E-state index is 0.521. The number of para-hydroxylation sites is 2. The van der Waals surface area contributed by atoms with Crippen molar-refractivity contribution in [3.63, 3.8) is 0 Å². The number of benzene rings is 1. The topological polar surface area (TPSA) is 56.7 Å². The van der Waals surface area contributed by atoms with Gasteiger partial charge in [0, 0.05) is 0 Å². The highest BCUT2D eigenvalue weighted by atomic mass is 15.1. The molecule has 16 heavy (non-hydrogen) atoms. The number of nitrogens with zero attached hydrogens (tertiary/aromatic N) is 3. The number of fused-ring (bicyclic) bond motifs is 1. The Labute approximate surface area is 92.4 Å². The largest absolute Gasteiger partial charge is 0.384 e. The van der Waals surface area contributed by atoms with Crippen molar-refractivity contribution < 1.29 is 0 Å². The van der Waals surface area contributed by atoms with Crippen molar-refractivity contribution in [3.8, 4) is 5.69 Å². The van der Waals surface area contributed by atoms with Crippen LogP contribution in [0, 0.1) is 0 Å². The van der Waals surface area contributed by atoms with Gasteiger partial charge in [-0.15, -0.1) is 0 Å². The quantitative estimate of drug-likeness (QED) is 0.668. The summed E-state index contributed by atoms with van der Waals surface area (Å²) in [6, 6.07) is 11.7. The average Bonchev–Trinajstić information content (AvgIpc) is 2.74. The van der Waals surface area contributed by atoms with E-state index in [2.05, 4.69) is 9.97 Å². The lowest BCUT2D eigenvalue weighted by Gasteiger charge is -2.03. The van der Waals surface area contributed by atoms with Crippen LogP contribution in [0.4, 0.5) is 5.82 Å². The molecule has 0 amide bonds. The standard InChI is InChI=1S/C12H10N4/c13-12-6-5-9(7-14-12)16-8-15-10-3-1-2-4-11(10)16/h1-8H,(H2,13,14). The van der Waals surface area contributed by atoms with E-state index in [-0.39, 0.29) is 0 Å². The Balaban J connectivity index is 2.22. The van der Waals surface area contributed by atoms with Crippen molar-refractivity contribution in [2.75, 3.05) is 5.73 Å². The van der Waals surface area contributed by atoms with Gasteiger partial charge in [0.2, 0.25) is 0 Å². The molecule has 1 aromatic carbocycles. The van der Waals surface area contributed by atoms with E-state index in [1.807, 2.05) is 34.9 Å². The lowest BCUT2D eigenvalue weighted by Crippen LogP contribution is -1.95. The van der Waals surface area contributed by atoms with Crippen LogP contribution in [0.15, 0.2) is 48.9 Å². The van der Waals surface area contributed by atoms with Crippen LogP contribution >= 0.6 is 0 Å². The van der Waals surface area contributed by atoms with Crippen molar-refractivity contribution in [1.29, 1.82) is 0 Å². The van der Waals surface area contributed by atoms with E-state index < -0.39 is 0 Å². The van der Waals surface area contributed by atoms with Crippen molar-refractivity contribution in [2.45, 2.75) is 0 Å². The van der Waals surface area contributed by atoms with Crippen molar-refractivity contribution >= 4 is 16.9 Å². The minimum absolute atomic E-state index is 0.521. The normalized spacial score (nSPS) is 10.8. The van der Waals surface area contributed by atoms with Gasteiger partial charge in [0.15, 0.2) is 0 Å². The molecule has 3 aromatic rings. The Hall–Kier alpha value is -2.36. The predicted molar refractivity (Wildman–Crippen MR) is 63.3 cm³/mol. The number of nitrogen functional groups attached to an aromatic ring is 1. The highest BCUT2D eigenvalue weighted by Gasteiger charge is 2.03. The lowest BCUT2D eigenvalue weighted by molar-refractivity contribution is 1.07. The molecule has 0 atom stereocenters. The molecule has 0 aliphatic heterocycles. The lowest BCUT2D eigenvalue weighted by atomic mass is 10.3. The Kier molecular flexibility index (Phi) is 1.86. The second kappa shape index (κ2) is 3.34. The fourth-order valence-corrected chi connectivity index (χ4v) is 1.70. The second-order valence-corrected chi connectivity index (χ2v) is 3.54. The van der Waals surface area contributed by atoms with E-state index in [1.54, 1.807) is 18.6 Å². The zero-order valence-corrected chi connectivity index (χ0v) is 8.54. The Morgan fingerprint density at radius 2 is 1.88 bits per heavy atom. The average molecular weight is 210 g/mol. The van der Waals surface area contributed by atoms with E-state index in [1.165, 1.54) is 0 Å². The monoisotopic (exact) mass is 210 g/mol. The third-order valence-electron chi connectivity index (χ3n) is 2.50. The molecule has 0 aliphatic carbocycles. The number of pyridine rings is 1. The smallest absolute Gasteiger partial charge is 0.123 e. The number of hydrogen-bond donors (Lipinski definition) is 1. The van der Waals surface area contributed by atoms with Gasteiger partial charge in [-0.2, -0.15) is 0 Å². The van der Waals surface area contributed by atoms with Crippen molar-refractivity contribution in [1.82, 2.24) is 14.5 Å². The molecule has 4 heteroatoms. The summed E-state index contributed by atoms with van der Waals surface area (Å²) in [5.41, 5.74) is 8.55. The molecule has 0 saturated carbocycles. The van der Waals surface area contributed by atoms with Crippen LogP contribution in [0.3, 0.4) is 0 Å². The maximum absolute atomic E-state index is 5.56. The van der Waals surface area contributed by atoms with Gasteiger partial charge in [-0.25, -0.2) is 9.97 Å². The van der Waals surface area contributed by atoms with Gasteiger partial charge in [-0.3, -0.25) is 4.57 Å². The molecule has 4 nitrogen and oxygen atoms in total. The number of anilines is 1. The fourth-order valence-electron chi connectivity index (χ4n) is 1.70. The summed E-state index contributed by atoms with van der Waals surface area (Å²) in [6.45, 7) is 0. The van der Waals surface area contributed by atoms with Gasteiger partial charge in [0.05, 0.1) is 22.9 Å². The zero-order valence-electron chi connectivity index (χ0n) is 8.54. The highest BCUT2D eigenvalue weighted by molar-refractivity contribution is 5.77. The molecule has 2 heterocycles. The number of rotatable bonds is 1. The molecule has 0 radical (unpaired) electrons. The van der Waals surface area contributed by atoms with Gasteiger partial charge >= 0.3 is 0 Å². The molecule has 3 rings (SSSR count). The minimum Gasteiger partial charge on any atom is -0.384 e. The van der Waals surface area contributed by atoms with E-state index >= 15 is 0 Å². The molecular formula is C12H10N4. The Bertz CT molecular complexity index is 625. The van der Waals surface area contributed by atoms with Gasteiger partial charge in [0.25, 0.3) is 0 Å². The molecule has 78 valence electrons. The number of aromatic nitrogens is 3. The molecule has 2 N–H and O–H groups in total. The summed E-state index contributed by atoms with van der Waals surface area (Å²) >= 11 is 0. The summed E-state index contributed by atoms with van der Waals surface area (Å²) < 4.78 is 1.99. The van der Waals surface area contributed by atoms with Gasteiger partial charge < -0.3 is 5.73 Å². The summed E-state index contributed by atoms with van der Waals surface area (Å²) in [7, 11) is 0. The molecule has 0 fully saturated rings. The molecular weight excluding hydrogens is 200 g/mol. The first kappa shape index (κ1) is 8.91. The summed E-state index contributed by atoms with van der Waals surface area (Å²) in [6.07, 6.45) is 3.53. The van der Waals surface area contributed by atoms with Crippen LogP contribution in [0.2, 0.25) is 0 Å². The third kappa shape index (κ3) is 1.32. The third-order valence-corrected chi connectivity index (χ3v) is 2.50. The molecule has 0 saturated heterocycles. The molecule has 0 unspecified atom stereocenters. The number of nitrogens with two attached hydrogens (primary N) is 1. The second-order valence-electron chi connectivity index (χ2n) is 3.54. The van der Waals surface area contributed by atoms with Crippen LogP contribution in [-0.2, 0) is 0 Å². The van der Waals surface area contributed by atoms with Gasteiger partial charge in [0.1, 0.15) is 12.1 Å². The molecule has 0 spiro atoms. The van der Waals surface area contributed by atoms with E-state index in [0.717, 1.165) is 16.7 Å². The van der Waals surface area contributed by atoms with Crippen LogP contribution in [0.25, 0.3) is 16.7 Å². The molecule has 2 aromatic heterocycles. The van der Waals surface area contributed by atoms with E-state index in [9.17, 15) is 0 Å². The highest BCUT2D eigenvalue weighted by Crippen LogP contribution is 2.17. The van der Waals surface area contributed by atoms with Gasteiger partial charge in [-0.05, 0) is 24.3 Å². The zero-order chi connectivity index (χ0) is 11.0. The van der Waals surface area contributed by atoms with E-state index in [4.69, 9.17) is 5.73 Å². The Morgan fingerprint density at radius 3 is 2.69 bits per heavy atom. The number of imidazole rings is 1. The van der Waals surface area contributed by atoms with Crippen molar-refractivity contribution in [2.24, 2.45) is 0 Å².